The Balaban J connectivity index is 2.00. The number of hydrogen-bond acceptors (Lipinski definition) is 3. The van der Waals surface area contributed by atoms with Gasteiger partial charge in [0.05, 0.1) is 5.71 Å². The van der Waals surface area contributed by atoms with E-state index in [1.165, 1.54) is 5.56 Å². The number of aryl methyl sites for hydroxylation is 2. The predicted molar refractivity (Wildman–Crippen MR) is 97.4 cm³/mol. The van der Waals surface area contributed by atoms with E-state index in [9.17, 15) is 4.79 Å². The second-order valence-corrected chi connectivity index (χ2v) is 5.76. The molecule has 0 radical (unpaired) electrons. The van der Waals surface area contributed by atoms with Gasteiger partial charge in [0, 0.05) is 0 Å². The second-order valence-electron chi connectivity index (χ2n) is 5.76. The molecule has 4 nitrogen and oxygen atoms in total. The fourth-order valence-corrected chi connectivity index (χ4v) is 2.24. The van der Waals surface area contributed by atoms with Crippen LogP contribution in [0.3, 0.4) is 0 Å². The van der Waals surface area contributed by atoms with Crippen LogP contribution in [0.15, 0.2) is 53.6 Å². The van der Waals surface area contributed by atoms with E-state index in [4.69, 9.17) is 4.74 Å². The summed E-state index contributed by atoms with van der Waals surface area (Å²) in [5.74, 6) is 0.415. The normalized spacial score (nSPS) is 12.6. The predicted octanol–water partition coefficient (Wildman–Crippen LogP) is 4.00. The molecule has 24 heavy (non-hydrogen) atoms. The third-order valence-corrected chi connectivity index (χ3v) is 3.90. The van der Waals surface area contributed by atoms with Crippen LogP contribution in [0.5, 0.6) is 5.75 Å². The van der Waals surface area contributed by atoms with Crippen molar-refractivity contribution < 1.29 is 9.53 Å². The summed E-state index contributed by atoms with van der Waals surface area (Å²) >= 11 is 0. The molecule has 2 aromatic rings. The molecule has 126 valence electrons. The molecule has 1 atom stereocenters. The second kappa shape index (κ2) is 8.29. The van der Waals surface area contributed by atoms with Crippen LogP contribution in [-0.2, 0) is 4.79 Å². The molecular weight excluding hydrogens is 300 g/mol. The topological polar surface area (TPSA) is 50.7 Å². The third kappa shape index (κ3) is 4.69. The van der Waals surface area contributed by atoms with Crippen LogP contribution in [0.1, 0.15) is 37.0 Å². The minimum Gasteiger partial charge on any atom is -0.481 e. The monoisotopic (exact) mass is 324 g/mol. The number of hydrogen-bond donors (Lipinski definition) is 1. The van der Waals surface area contributed by atoms with Gasteiger partial charge in [0.25, 0.3) is 5.91 Å². The zero-order valence-corrected chi connectivity index (χ0v) is 14.7. The lowest BCUT2D eigenvalue weighted by Gasteiger charge is -2.14. The van der Waals surface area contributed by atoms with Crippen LogP contribution in [0, 0.1) is 13.8 Å². The fourth-order valence-electron chi connectivity index (χ4n) is 2.24. The van der Waals surface area contributed by atoms with E-state index in [0.29, 0.717) is 5.75 Å². The van der Waals surface area contributed by atoms with Crippen molar-refractivity contribution in [2.45, 2.75) is 40.2 Å². The highest BCUT2D eigenvalue weighted by atomic mass is 16.5. The third-order valence-electron chi connectivity index (χ3n) is 3.90. The molecule has 0 heterocycles. The first-order chi connectivity index (χ1) is 11.5. The Morgan fingerprint density at radius 2 is 1.83 bits per heavy atom. The SMILES string of the molecule is CC/C(=N\NC(=O)C(C)Oc1ccc(C)c(C)c1)c1ccccc1. The molecule has 0 aromatic heterocycles. The standard InChI is InChI=1S/C20H24N2O2/c1-5-19(17-9-7-6-8-10-17)21-22-20(23)16(4)24-18-12-11-14(2)15(3)13-18/h6-13,16H,5H2,1-4H3,(H,22,23)/b21-19+. The first kappa shape index (κ1) is 17.7. The molecular formula is C20H24N2O2. The maximum atomic E-state index is 12.2. The molecule has 2 aromatic carbocycles. The number of amides is 1. The molecule has 0 aliphatic carbocycles. The van der Waals surface area contributed by atoms with Crippen LogP contribution in [0.25, 0.3) is 0 Å². The Bertz CT molecular complexity index is 724. The molecule has 2 rings (SSSR count). The van der Waals surface area contributed by atoms with Crippen molar-refractivity contribution in [3.63, 3.8) is 0 Å². The van der Waals surface area contributed by atoms with Gasteiger partial charge in [-0.25, -0.2) is 5.43 Å². The molecule has 0 aliphatic heterocycles. The Hall–Kier alpha value is -2.62. The van der Waals surface area contributed by atoms with Gasteiger partial charge >= 0.3 is 0 Å². The zero-order chi connectivity index (χ0) is 17.5. The zero-order valence-electron chi connectivity index (χ0n) is 14.7. The number of benzene rings is 2. The van der Waals surface area contributed by atoms with E-state index in [-0.39, 0.29) is 5.91 Å². The van der Waals surface area contributed by atoms with Crippen LogP contribution in [0.4, 0.5) is 0 Å². The van der Waals surface area contributed by atoms with E-state index >= 15 is 0 Å². The number of nitrogens with one attached hydrogen (secondary N) is 1. The summed E-state index contributed by atoms with van der Waals surface area (Å²) in [7, 11) is 0. The Morgan fingerprint density at radius 3 is 2.46 bits per heavy atom. The maximum absolute atomic E-state index is 12.2. The van der Waals surface area contributed by atoms with Gasteiger partial charge in [0.2, 0.25) is 0 Å². The largest absolute Gasteiger partial charge is 0.481 e. The van der Waals surface area contributed by atoms with Gasteiger partial charge in [0.1, 0.15) is 5.75 Å². The van der Waals surface area contributed by atoms with Crippen LogP contribution < -0.4 is 10.2 Å². The lowest BCUT2D eigenvalue weighted by atomic mass is 10.1. The van der Waals surface area contributed by atoms with Gasteiger partial charge in [-0.1, -0.05) is 43.3 Å². The van der Waals surface area contributed by atoms with Crippen molar-refractivity contribution in [2.24, 2.45) is 5.10 Å². The van der Waals surface area contributed by atoms with Gasteiger partial charge in [-0.3, -0.25) is 4.79 Å². The quantitative estimate of drug-likeness (QED) is 0.645. The highest BCUT2D eigenvalue weighted by Crippen LogP contribution is 2.17. The van der Waals surface area contributed by atoms with Crippen LogP contribution >= 0.6 is 0 Å². The summed E-state index contributed by atoms with van der Waals surface area (Å²) < 4.78 is 5.70. The van der Waals surface area contributed by atoms with Gasteiger partial charge in [-0.2, -0.15) is 5.10 Å². The van der Waals surface area contributed by atoms with Crippen LogP contribution in [0.2, 0.25) is 0 Å². The van der Waals surface area contributed by atoms with E-state index < -0.39 is 6.10 Å². The first-order valence-electron chi connectivity index (χ1n) is 8.17. The van der Waals surface area contributed by atoms with Crippen molar-refractivity contribution in [2.75, 3.05) is 0 Å². The minimum atomic E-state index is -0.621. The number of hydrazone groups is 1. The number of rotatable bonds is 6. The van der Waals surface area contributed by atoms with Gasteiger partial charge in [-0.15, -0.1) is 0 Å². The lowest BCUT2D eigenvalue weighted by molar-refractivity contribution is -0.127. The van der Waals surface area contributed by atoms with E-state index in [0.717, 1.165) is 23.3 Å². The summed E-state index contributed by atoms with van der Waals surface area (Å²) in [4.78, 5) is 12.2. The molecule has 1 amide bonds. The lowest BCUT2D eigenvalue weighted by Crippen LogP contribution is -2.34. The number of carbonyl (C=O) groups excluding carboxylic acids is 1. The highest BCUT2D eigenvalue weighted by molar-refractivity contribution is 6.01. The van der Waals surface area contributed by atoms with Gasteiger partial charge < -0.3 is 4.74 Å². The Kier molecular flexibility index (Phi) is 6.13. The summed E-state index contributed by atoms with van der Waals surface area (Å²) in [5.41, 5.74) is 6.77. The molecule has 0 fully saturated rings. The van der Waals surface area contributed by atoms with Crippen molar-refractivity contribution in [3.05, 3.63) is 65.2 Å². The first-order valence-corrected chi connectivity index (χ1v) is 8.17. The summed E-state index contributed by atoms with van der Waals surface area (Å²) in [5, 5.41) is 4.24. The smallest absolute Gasteiger partial charge is 0.280 e. The van der Waals surface area contributed by atoms with Crippen molar-refractivity contribution in [3.8, 4) is 5.75 Å². The number of carbonyl (C=O) groups is 1. The average Bonchev–Trinajstić information content (AvgIpc) is 2.59. The Morgan fingerprint density at radius 1 is 1.12 bits per heavy atom. The minimum absolute atomic E-state index is 0.268. The molecule has 0 bridgehead atoms. The van der Waals surface area contributed by atoms with Crippen LogP contribution in [-0.4, -0.2) is 17.7 Å². The average molecular weight is 324 g/mol. The molecule has 0 saturated heterocycles. The number of nitrogens with zero attached hydrogens (tertiary/aromatic N) is 1. The molecule has 0 aliphatic rings. The van der Waals surface area contributed by atoms with Gasteiger partial charge in [0.15, 0.2) is 6.10 Å². The Labute approximate surface area is 143 Å². The fraction of sp³-hybridized carbons (Fsp3) is 0.300. The maximum Gasteiger partial charge on any atom is 0.280 e. The summed E-state index contributed by atoms with van der Waals surface area (Å²) in [6.45, 7) is 7.78. The van der Waals surface area contributed by atoms with Crippen molar-refractivity contribution in [1.82, 2.24) is 5.43 Å². The van der Waals surface area contributed by atoms with E-state index in [1.807, 2.05) is 69.3 Å². The summed E-state index contributed by atoms with van der Waals surface area (Å²) in [6, 6.07) is 15.6. The molecule has 0 spiro atoms. The summed E-state index contributed by atoms with van der Waals surface area (Å²) in [6.07, 6.45) is 0.112. The van der Waals surface area contributed by atoms with Crippen molar-refractivity contribution >= 4 is 11.6 Å². The molecule has 1 unspecified atom stereocenters. The van der Waals surface area contributed by atoms with Crippen molar-refractivity contribution in [1.29, 1.82) is 0 Å². The highest BCUT2D eigenvalue weighted by Gasteiger charge is 2.15. The molecule has 1 N–H and O–H groups in total. The van der Waals surface area contributed by atoms with E-state index in [2.05, 4.69) is 10.5 Å². The molecule has 0 saturated carbocycles. The van der Waals surface area contributed by atoms with Gasteiger partial charge in [-0.05, 0) is 56.0 Å². The van der Waals surface area contributed by atoms with E-state index in [1.54, 1.807) is 6.92 Å². The number of ether oxygens (including phenoxy) is 1. The molecule has 4 heteroatoms.